The van der Waals surface area contributed by atoms with E-state index in [9.17, 15) is 0 Å². The van der Waals surface area contributed by atoms with Gasteiger partial charge in [0.25, 0.3) is 0 Å². The molecule has 1 unspecified atom stereocenters. The summed E-state index contributed by atoms with van der Waals surface area (Å²) in [6, 6.07) is 21.5. The molecule has 3 aromatic rings. The fourth-order valence-electron chi connectivity index (χ4n) is 1.88. The second-order valence-corrected chi connectivity index (χ2v) is 5.52. The Labute approximate surface area is 153 Å². The quantitative estimate of drug-likeness (QED) is 0.487. The Kier molecular flexibility index (Phi) is 10.7. The zero-order valence-corrected chi connectivity index (χ0v) is 16.4. The van der Waals surface area contributed by atoms with Crippen LogP contribution in [-0.2, 0) is 0 Å². The summed E-state index contributed by atoms with van der Waals surface area (Å²) in [5, 5.41) is 26.4. The highest BCUT2D eigenvalue weighted by Gasteiger charge is 1.84. The van der Waals surface area contributed by atoms with Crippen LogP contribution in [0.1, 0.15) is 16.7 Å². The van der Waals surface area contributed by atoms with Crippen LogP contribution in [0, 0.1) is 20.8 Å². The van der Waals surface area contributed by atoms with Gasteiger partial charge in [-0.1, -0.05) is 36.4 Å². The van der Waals surface area contributed by atoms with Crippen LogP contribution in [0.5, 0.6) is 17.2 Å². The molecule has 0 saturated carbocycles. The van der Waals surface area contributed by atoms with E-state index in [0.717, 1.165) is 16.7 Å². The van der Waals surface area contributed by atoms with E-state index in [1.165, 1.54) is 0 Å². The molecule has 0 fully saturated rings. The lowest BCUT2D eigenvalue weighted by Gasteiger charge is -1.89. The molecule has 0 saturated heterocycles. The summed E-state index contributed by atoms with van der Waals surface area (Å²) < 4.78 is 0. The van der Waals surface area contributed by atoms with Gasteiger partial charge >= 0.3 is 0 Å². The number of aromatic hydroxyl groups is 3. The van der Waals surface area contributed by atoms with Crippen molar-refractivity contribution in [3.05, 3.63) is 89.5 Å². The molecule has 25 heavy (non-hydrogen) atoms. The maximum absolute atomic E-state index is 8.81. The van der Waals surface area contributed by atoms with Crippen molar-refractivity contribution in [3.8, 4) is 17.2 Å². The van der Waals surface area contributed by atoms with E-state index in [2.05, 4.69) is 0 Å². The van der Waals surface area contributed by atoms with Gasteiger partial charge in [0.15, 0.2) is 0 Å². The Morgan fingerprint density at radius 3 is 0.840 bits per heavy atom. The zero-order valence-electron chi connectivity index (χ0n) is 15.0. The van der Waals surface area contributed by atoms with Crippen molar-refractivity contribution in [2.45, 2.75) is 20.8 Å². The van der Waals surface area contributed by atoms with Crippen LogP contribution in [0.25, 0.3) is 0 Å². The predicted octanol–water partition coefficient (Wildman–Crippen LogP) is 5.16. The van der Waals surface area contributed by atoms with Gasteiger partial charge in [-0.3, -0.25) is 0 Å². The van der Waals surface area contributed by atoms with E-state index in [1.807, 2.05) is 57.2 Å². The standard InChI is InChI=1S/3C7H8O.H3P/c3*1-6-3-2-4-7(8)5-6;/h3*2-5,8H,1H3;1H3. The molecule has 4 heteroatoms. The molecule has 3 N–H and O–H groups in total. The molecule has 0 aliphatic carbocycles. The summed E-state index contributed by atoms with van der Waals surface area (Å²) in [5.41, 5.74) is 3.26. The van der Waals surface area contributed by atoms with Gasteiger partial charge in [-0.25, -0.2) is 0 Å². The Morgan fingerprint density at radius 2 is 0.720 bits per heavy atom. The second-order valence-electron chi connectivity index (χ2n) is 5.52. The van der Waals surface area contributed by atoms with Crippen LogP contribution in [0.15, 0.2) is 72.8 Å². The van der Waals surface area contributed by atoms with Gasteiger partial charge in [-0.15, -0.1) is 0 Å². The number of phenols is 3. The third kappa shape index (κ3) is 10.8. The molecule has 0 aliphatic rings. The number of benzene rings is 3. The van der Waals surface area contributed by atoms with Crippen molar-refractivity contribution in [2.24, 2.45) is 0 Å². The Hall–Kier alpha value is -2.51. The van der Waals surface area contributed by atoms with Crippen molar-refractivity contribution in [1.82, 2.24) is 0 Å². The van der Waals surface area contributed by atoms with Gasteiger partial charge < -0.3 is 15.3 Å². The first-order chi connectivity index (χ1) is 11.4. The Balaban J connectivity index is 0.000000339. The molecule has 3 nitrogen and oxygen atoms in total. The highest BCUT2D eigenvalue weighted by molar-refractivity contribution is 6.92. The van der Waals surface area contributed by atoms with E-state index in [0.29, 0.717) is 17.2 Å². The molecule has 0 aliphatic heterocycles. The first-order valence-corrected chi connectivity index (χ1v) is 7.63. The highest BCUT2D eigenvalue weighted by atomic mass is 31.0. The van der Waals surface area contributed by atoms with Crippen LogP contribution < -0.4 is 0 Å². The molecule has 0 amide bonds. The molecular weight excluding hydrogens is 331 g/mol. The van der Waals surface area contributed by atoms with E-state index in [1.54, 1.807) is 36.4 Å². The molecule has 0 spiro atoms. The van der Waals surface area contributed by atoms with Gasteiger partial charge in [-0.2, -0.15) is 9.90 Å². The van der Waals surface area contributed by atoms with Crippen molar-refractivity contribution >= 4 is 9.90 Å². The first kappa shape index (κ1) is 22.5. The predicted molar refractivity (Wildman–Crippen MR) is 110 cm³/mol. The summed E-state index contributed by atoms with van der Waals surface area (Å²) in [6.45, 7) is 5.83. The normalized spacial score (nSPS) is 8.76. The van der Waals surface area contributed by atoms with E-state index < -0.39 is 0 Å². The summed E-state index contributed by atoms with van der Waals surface area (Å²) in [7, 11) is 0. The SMILES string of the molecule is Cc1cccc(O)c1.Cc1cccc(O)c1.Cc1cccc(O)c1.P. The van der Waals surface area contributed by atoms with Gasteiger partial charge in [0.1, 0.15) is 17.2 Å². The average Bonchev–Trinajstić information content (AvgIpc) is 2.47. The highest BCUT2D eigenvalue weighted by Crippen LogP contribution is 2.09. The van der Waals surface area contributed by atoms with E-state index >= 15 is 0 Å². The summed E-state index contributed by atoms with van der Waals surface area (Å²) in [6.07, 6.45) is 0. The lowest BCUT2D eigenvalue weighted by atomic mass is 10.2. The molecule has 134 valence electrons. The van der Waals surface area contributed by atoms with Gasteiger partial charge in [-0.05, 0) is 73.9 Å². The maximum Gasteiger partial charge on any atom is 0.115 e. The maximum atomic E-state index is 8.81. The number of phenolic OH excluding ortho intramolecular Hbond substituents is 3. The summed E-state index contributed by atoms with van der Waals surface area (Å²) in [5.74, 6) is 1.01. The third-order valence-corrected chi connectivity index (χ3v) is 3.00. The van der Waals surface area contributed by atoms with Gasteiger partial charge in [0.05, 0.1) is 0 Å². The second kappa shape index (κ2) is 11.9. The van der Waals surface area contributed by atoms with Crippen molar-refractivity contribution in [1.29, 1.82) is 0 Å². The minimum absolute atomic E-state index is 0. The number of aryl methyl sites for hydroxylation is 3. The fourth-order valence-corrected chi connectivity index (χ4v) is 1.88. The monoisotopic (exact) mass is 358 g/mol. The van der Waals surface area contributed by atoms with Gasteiger partial charge in [0.2, 0.25) is 0 Å². The lowest BCUT2D eigenvalue weighted by Crippen LogP contribution is -1.66. The number of hydrogen-bond acceptors (Lipinski definition) is 3. The third-order valence-electron chi connectivity index (χ3n) is 3.00. The fraction of sp³-hybridized carbons (Fsp3) is 0.143. The van der Waals surface area contributed by atoms with E-state index in [4.69, 9.17) is 15.3 Å². The number of hydrogen-bond donors (Lipinski definition) is 3. The average molecular weight is 358 g/mol. The topological polar surface area (TPSA) is 60.7 Å². The van der Waals surface area contributed by atoms with Crippen LogP contribution in [0.2, 0.25) is 0 Å². The summed E-state index contributed by atoms with van der Waals surface area (Å²) in [4.78, 5) is 0. The molecule has 3 rings (SSSR count). The molecule has 0 heterocycles. The van der Waals surface area contributed by atoms with Crippen LogP contribution in [-0.4, -0.2) is 15.3 Å². The lowest BCUT2D eigenvalue weighted by molar-refractivity contribution is 0.474. The van der Waals surface area contributed by atoms with Gasteiger partial charge in [0, 0.05) is 0 Å². The minimum Gasteiger partial charge on any atom is -0.508 e. The zero-order chi connectivity index (χ0) is 17.9. The van der Waals surface area contributed by atoms with E-state index in [-0.39, 0.29) is 9.90 Å². The van der Waals surface area contributed by atoms with Crippen LogP contribution in [0.4, 0.5) is 0 Å². The first-order valence-electron chi connectivity index (χ1n) is 7.63. The van der Waals surface area contributed by atoms with Crippen LogP contribution in [0.3, 0.4) is 0 Å². The minimum atomic E-state index is 0. The van der Waals surface area contributed by atoms with Crippen molar-refractivity contribution in [2.75, 3.05) is 0 Å². The molecular formula is C21H27O3P. The Bertz CT molecular complexity index is 602. The molecule has 0 bridgehead atoms. The number of rotatable bonds is 0. The molecule has 1 atom stereocenters. The molecule has 0 aromatic heterocycles. The van der Waals surface area contributed by atoms with Crippen molar-refractivity contribution in [3.63, 3.8) is 0 Å². The van der Waals surface area contributed by atoms with Crippen LogP contribution >= 0.6 is 9.90 Å². The Morgan fingerprint density at radius 1 is 0.480 bits per heavy atom. The molecule has 0 radical (unpaired) electrons. The molecule has 3 aromatic carbocycles. The smallest absolute Gasteiger partial charge is 0.115 e. The summed E-state index contributed by atoms with van der Waals surface area (Å²) >= 11 is 0. The largest absolute Gasteiger partial charge is 0.508 e. The van der Waals surface area contributed by atoms with Crippen molar-refractivity contribution < 1.29 is 15.3 Å².